The number of allylic oxidation sites excluding steroid dienone is 1. The Morgan fingerprint density at radius 2 is 1.97 bits per heavy atom. The van der Waals surface area contributed by atoms with E-state index in [1.165, 1.54) is 6.08 Å². The molecule has 9 heteroatoms. The molecule has 0 aliphatic carbocycles. The molecule has 144 valence electrons. The number of nitriles is 1. The van der Waals surface area contributed by atoms with E-state index < -0.39 is 0 Å². The maximum absolute atomic E-state index is 8.72. The molecule has 0 atom stereocenters. The molecular weight excluding hydrogens is 390 g/mol. The molecule has 3 heterocycles. The molecule has 0 saturated heterocycles. The van der Waals surface area contributed by atoms with Crippen molar-refractivity contribution < 1.29 is 4.74 Å². The van der Waals surface area contributed by atoms with Crippen LogP contribution in [0.1, 0.15) is 16.7 Å². The Hall–Kier alpha value is -3.70. The quantitative estimate of drug-likeness (QED) is 0.399. The summed E-state index contributed by atoms with van der Waals surface area (Å²) in [6, 6.07) is 7.70. The van der Waals surface area contributed by atoms with Crippen molar-refractivity contribution in [1.29, 1.82) is 5.26 Å². The highest BCUT2D eigenvalue weighted by atomic mass is 35.5. The molecule has 0 aliphatic heterocycles. The van der Waals surface area contributed by atoms with E-state index in [1.807, 2.05) is 51.4 Å². The molecule has 0 spiro atoms. The minimum Gasteiger partial charge on any atom is -0.436 e. The van der Waals surface area contributed by atoms with Crippen LogP contribution in [0.15, 0.2) is 30.5 Å². The fourth-order valence-electron chi connectivity index (χ4n) is 3.05. The molecule has 0 amide bonds. The first-order chi connectivity index (χ1) is 13.9. The number of rotatable bonds is 4. The third kappa shape index (κ3) is 3.68. The van der Waals surface area contributed by atoms with Crippen molar-refractivity contribution in [3.8, 4) is 29.2 Å². The number of nitrogens with zero attached hydrogens (tertiary/aromatic N) is 6. The minimum absolute atomic E-state index is 0.0375. The number of fused-ring (bicyclic) bond motifs is 1. The average Bonchev–Trinajstić information content (AvgIpc) is 3.28. The molecular formula is C20H16ClN7O. The van der Waals surface area contributed by atoms with Gasteiger partial charge in [0, 0.05) is 19.3 Å². The fraction of sp³-hybridized carbons (Fsp3) is 0.150. The van der Waals surface area contributed by atoms with Crippen molar-refractivity contribution in [2.24, 2.45) is 7.05 Å². The normalized spacial score (nSPS) is 11.3. The third-order valence-corrected chi connectivity index (χ3v) is 4.45. The first-order valence-corrected chi connectivity index (χ1v) is 9.11. The van der Waals surface area contributed by atoms with Gasteiger partial charge in [0.1, 0.15) is 17.0 Å². The van der Waals surface area contributed by atoms with Gasteiger partial charge in [-0.1, -0.05) is 0 Å². The van der Waals surface area contributed by atoms with Gasteiger partial charge in [0.25, 0.3) is 0 Å². The van der Waals surface area contributed by atoms with Crippen molar-refractivity contribution in [3.05, 3.63) is 52.4 Å². The smallest absolute Gasteiger partial charge is 0.250 e. The minimum atomic E-state index is 0.0375. The fourth-order valence-corrected chi connectivity index (χ4v) is 3.21. The van der Waals surface area contributed by atoms with Crippen LogP contribution in [-0.2, 0) is 7.05 Å². The van der Waals surface area contributed by atoms with Crippen LogP contribution < -0.4 is 4.74 Å². The molecule has 0 bridgehead atoms. The Labute approximate surface area is 171 Å². The summed E-state index contributed by atoms with van der Waals surface area (Å²) in [5.74, 6) is 1.48. The first-order valence-electron chi connectivity index (χ1n) is 8.73. The topological polar surface area (TPSA) is 105 Å². The van der Waals surface area contributed by atoms with Gasteiger partial charge >= 0.3 is 0 Å². The van der Waals surface area contributed by atoms with Gasteiger partial charge < -0.3 is 9.72 Å². The predicted molar refractivity (Wildman–Crippen MR) is 110 cm³/mol. The molecule has 4 aromatic rings. The van der Waals surface area contributed by atoms with Crippen LogP contribution in [0.4, 0.5) is 0 Å². The molecule has 0 unspecified atom stereocenters. The van der Waals surface area contributed by atoms with Crippen molar-refractivity contribution in [2.45, 2.75) is 13.8 Å². The maximum atomic E-state index is 8.72. The van der Waals surface area contributed by atoms with Gasteiger partial charge in [-0.05, 0) is 66.4 Å². The number of benzene rings is 1. The highest BCUT2D eigenvalue weighted by molar-refractivity contribution is 6.28. The number of halogens is 1. The number of aryl methyl sites for hydroxylation is 3. The lowest BCUT2D eigenvalue weighted by Crippen LogP contribution is -1.97. The zero-order chi connectivity index (χ0) is 20.5. The van der Waals surface area contributed by atoms with Crippen molar-refractivity contribution in [1.82, 2.24) is 29.7 Å². The first kappa shape index (κ1) is 18.7. The molecule has 1 N–H and O–H groups in total. The van der Waals surface area contributed by atoms with E-state index in [-0.39, 0.29) is 11.2 Å². The summed E-state index contributed by atoms with van der Waals surface area (Å²) >= 11 is 6.10. The van der Waals surface area contributed by atoms with Crippen LogP contribution in [0, 0.1) is 25.2 Å². The second kappa shape index (κ2) is 7.37. The monoisotopic (exact) mass is 405 g/mol. The molecule has 29 heavy (non-hydrogen) atoms. The van der Waals surface area contributed by atoms with Gasteiger partial charge in [0.05, 0.1) is 6.07 Å². The summed E-state index contributed by atoms with van der Waals surface area (Å²) in [6.07, 6.45) is 5.01. The van der Waals surface area contributed by atoms with E-state index in [0.717, 1.165) is 16.7 Å². The van der Waals surface area contributed by atoms with Crippen LogP contribution in [0.3, 0.4) is 0 Å². The van der Waals surface area contributed by atoms with Gasteiger partial charge in [0.2, 0.25) is 11.2 Å². The Bertz CT molecular complexity index is 1270. The number of hydrogen-bond acceptors (Lipinski definition) is 6. The zero-order valence-electron chi connectivity index (χ0n) is 15.9. The Morgan fingerprint density at radius 3 is 2.62 bits per heavy atom. The lowest BCUT2D eigenvalue weighted by atomic mass is 10.1. The van der Waals surface area contributed by atoms with E-state index in [2.05, 4.69) is 25.0 Å². The molecule has 0 fully saturated rings. The number of imidazole rings is 1. The standard InChI is InChI=1S/C20H16ClN7O/c1-11-9-13(5-4-7-22)10-12(2)16(11)29-19-15-18(25-20(21)26-19)24-17(23-15)14-6-8-28(3)27-14/h4-6,8-10H,1-3H3,(H,23,24,25,26)/b5-4+. The SMILES string of the molecule is Cc1cc(/C=C/C#N)cc(C)c1Oc1nc(Cl)nc2nc(-c3ccn(C)n3)[nH]c12. The van der Waals surface area contributed by atoms with E-state index >= 15 is 0 Å². The number of hydrogen-bond donors (Lipinski definition) is 1. The van der Waals surface area contributed by atoms with Crippen molar-refractivity contribution >= 4 is 28.8 Å². The van der Waals surface area contributed by atoms with Crippen LogP contribution in [0.5, 0.6) is 11.6 Å². The summed E-state index contributed by atoms with van der Waals surface area (Å²) in [4.78, 5) is 16.1. The van der Waals surface area contributed by atoms with E-state index in [9.17, 15) is 0 Å². The van der Waals surface area contributed by atoms with Gasteiger partial charge in [-0.3, -0.25) is 4.68 Å². The van der Waals surface area contributed by atoms with Crippen molar-refractivity contribution in [2.75, 3.05) is 0 Å². The number of aromatic nitrogens is 6. The van der Waals surface area contributed by atoms with E-state index in [0.29, 0.717) is 28.4 Å². The Kier molecular flexibility index (Phi) is 4.74. The molecule has 0 radical (unpaired) electrons. The zero-order valence-corrected chi connectivity index (χ0v) is 16.7. The lowest BCUT2D eigenvalue weighted by molar-refractivity contribution is 0.460. The van der Waals surface area contributed by atoms with Gasteiger partial charge in [0.15, 0.2) is 11.5 Å². The number of nitrogens with one attached hydrogen (secondary N) is 1. The highest BCUT2D eigenvalue weighted by Crippen LogP contribution is 2.33. The number of H-pyrrole nitrogens is 1. The summed E-state index contributed by atoms with van der Waals surface area (Å²) in [5, 5.41) is 13.1. The molecule has 8 nitrogen and oxygen atoms in total. The molecule has 1 aromatic carbocycles. The highest BCUT2D eigenvalue weighted by Gasteiger charge is 2.17. The lowest BCUT2D eigenvalue weighted by Gasteiger charge is -2.12. The summed E-state index contributed by atoms with van der Waals surface area (Å²) < 4.78 is 7.81. The number of ether oxygens (including phenoxy) is 1. The predicted octanol–water partition coefficient (Wildman–Crippen LogP) is 4.35. The van der Waals surface area contributed by atoms with Gasteiger partial charge in [-0.15, -0.1) is 0 Å². The molecule has 0 saturated carbocycles. The van der Waals surface area contributed by atoms with Gasteiger partial charge in [-0.2, -0.15) is 20.3 Å². The van der Waals surface area contributed by atoms with Crippen LogP contribution in [-0.4, -0.2) is 29.7 Å². The summed E-state index contributed by atoms with van der Waals surface area (Å²) in [6.45, 7) is 3.86. The second-order valence-electron chi connectivity index (χ2n) is 6.50. The van der Waals surface area contributed by atoms with E-state index in [1.54, 1.807) is 10.8 Å². The van der Waals surface area contributed by atoms with E-state index in [4.69, 9.17) is 21.6 Å². The Morgan fingerprint density at radius 1 is 1.21 bits per heavy atom. The maximum Gasteiger partial charge on any atom is 0.250 e. The van der Waals surface area contributed by atoms with Crippen LogP contribution in [0.2, 0.25) is 5.28 Å². The van der Waals surface area contributed by atoms with Crippen LogP contribution >= 0.6 is 11.6 Å². The second-order valence-corrected chi connectivity index (χ2v) is 6.84. The third-order valence-electron chi connectivity index (χ3n) is 4.28. The van der Waals surface area contributed by atoms with Crippen molar-refractivity contribution in [3.63, 3.8) is 0 Å². The molecule has 3 aromatic heterocycles. The summed E-state index contributed by atoms with van der Waals surface area (Å²) in [7, 11) is 1.83. The number of aromatic amines is 1. The molecule has 4 rings (SSSR count). The largest absolute Gasteiger partial charge is 0.436 e. The average molecular weight is 406 g/mol. The molecule has 0 aliphatic rings. The van der Waals surface area contributed by atoms with Crippen LogP contribution in [0.25, 0.3) is 28.8 Å². The Balaban J connectivity index is 1.77. The van der Waals surface area contributed by atoms with Gasteiger partial charge in [-0.25, -0.2) is 4.98 Å². The summed E-state index contributed by atoms with van der Waals surface area (Å²) in [5.41, 5.74) is 4.31.